The molecule has 0 aliphatic heterocycles. The Balaban J connectivity index is 2.06. The number of nitrogens with two attached hydrogens (primary N) is 1. The number of amides is 1. The lowest BCUT2D eigenvalue weighted by atomic mass is 10.1. The molecule has 1 aliphatic rings. The molecule has 2 N–H and O–H groups in total. The standard InChI is InChI=1S/C17H21ClN2O/c1-20(12-13-5-2-3-6-13)17(21)15-9-8-14(7-4-10-19)16(18)11-15/h8-9,11,13H,2-3,5-6,10,12,19H2,1H3. The quantitative estimate of drug-likeness (QED) is 0.873. The smallest absolute Gasteiger partial charge is 0.253 e. The Morgan fingerprint density at radius 2 is 2.14 bits per heavy atom. The minimum absolute atomic E-state index is 0.0159. The first-order chi connectivity index (χ1) is 10.1. The van der Waals surface area contributed by atoms with Crippen molar-refractivity contribution in [3.05, 3.63) is 34.3 Å². The van der Waals surface area contributed by atoms with Gasteiger partial charge in [-0.1, -0.05) is 36.3 Å². The lowest BCUT2D eigenvalue weighted by Gasteiger charge is -2.21. The molecule has 4 heteroatoms. The van der Waals surface area contributed by atoms with Crippen molar-refractivity contribution in [3.63, 3.8) is 0 Å². The number of nitrogens with zero attached hydrogens (tertiary/aromatic N) is 1. The van der Waals surface area contributed by atoms with Crippen molar-refractivity contribution in [2.45, 2.75) is 25.7 Å². The fourth-order valence-corrected chi connectivity index (χ4v) is 3.01. The molecule has 0 bridgehead atoms. The van der Waals surface area contributed by atoms with E-state index in [0.717, 1.165) is 6.54 Å². The van der Waals surface area contributed by atoms with Crippen LogP contribution in [0.15, 0.2) is 18.2 Å². The SMILES string of the molecule is CN(CC1CCCC1)C(=O)c1ccc(C#CCN)c(Cl)c1. The molecular formula is C17H21ClN2O. The molecule has 0 unspecified atom stereocenters. The van der Waals surface area contributed by atoms with E-state index >= 15 is 0 Å². The Kier molecular flexibility index (Phi) is 5.67. The number of carbonyl (C=O) groups is 1. The number of hydrogen-bond donors (Lipinski definition) is 1. The van der Waals surface area contributed by atoms with Crippen LogP contribution < -0.4 is 5.73 Å². The van der Waals surface area contributed by atoms with Gasteiger partial charge in [-0.15, -0.1) is 0 Å². The molecule has 1 aromatic rings. The number of halogens is 1. The van der Waals surface area contributed by atoms with Crippen LogP contribution in [0.25, 0.3) is 0 Å². The molecule has 0 radical (unpaired) electrons. The van der Waals surface area contributed by atoms with Crippen molar-refractivity contribution in [3.8, 4) is 11.8 Å². The third kappa shape index (κ3) is 4.23. The second-order valence-corrected chi connectivity index (χ2v) is 5.94. The molecule has 0 heterocycles. The van der Waals surface area contributed by atoms with E-state index in [4.69, 9.17) is 17.3 Å². The van der Waals surface area contributed by atoms with Gasteiger partial charge >= 0.3 is 0 Å². The summed E-state index contributed by atoms with van der Waals surface area (Å²) < 4.78 is 0. The summed E-state index contributed by atoms with van der Waals surface area (Å²) in [5.74, 6) is 6.32. The van der Waals surface area contributed by atoms with E-state index in [1.165, 1.54) is 25.7 Å². The monoisotopic (exact) mass is 304 g/mol. The minimum Gasteiger partial charge on any atom is -0.341 e. The molecule has 0 saturated heterocycles. The Hall–Kier alpha value is -1.50. The maximum Gasteiger partial charge on any atom is 0.253 e. The molecule has 0 atom stereocenters. The molecule has 2 rings (SSSR count). The molecule has 21 heavy (non-hydrogen) atoms. The molecule has 3 nitrogen and oxygen atoms in total. The number of hydrogen-bond acceptors (Lipinski definition) is 2. The minimum atomic E-state index is 0.0159. The highest BCUT2D eigenvalue weighted by atomic mass is 35.5. The van der Waals surface area contributed by atoms with E-state index in [0.29, 0.717) is 28.6 Å². The lowest BCUT2D eigenvalue weighted by molar-refractivity contribution is 0.0773. The van der Waals surface area contributed by atoms with Gasteiger partial charge in [-0.3, -0.25) is 4.79 Å². The molecule has 1 amide bonds. The first-order valence-electron chi connectivity index (χ1n) is 7.35. The van der Waals surface area contributed by atoms with Gasteiger partial charge in [-0.25, -0.2) is 0 Å². The van der Waals surface area contributed by atoms with Crippen LogP contribution in [0.3, 0.4) is 0 Å². The van der Waals surface area contributed by atoms with E-state index in [-0.39, 0.29) is 5.91 Å². The van der Waals surface area contributed by atoms with E-state index in [9.17, 15) is 4.79 Å². The van der Waals surface area contributed by atoms with Crippen molar-refractivity contribution >= 4 is 17.5 Å². The lowest BCUT2D eigenvalue weighted by Crippen LogP contribution is -2.31. The maximum absolute atomic E-state index is 12.4. The van der Waals surface area contributed by atoms with E-state index < -0.39 is 0 Å². The average Bonchev–Trinajstić information content (AvgIpc) is 2.98. The van der Waals surface area contributed by atoms with Crippen LogP contribution in [0.1, 0.15) is 41.6 Å². The fourth-order valence-electron chi connectivity index (χ4n) is 2.78. The predicted molar refractivity (Wildman–Crippen MR) is 86.3 cm³/mol. The molecule has 1 fully saturated rings. The first kappa shape index (κ1) is 15.9. The summed E-state index contributed by atoms with van der Waals surface area (Å²) in [6, 6.07) is 5.25. The van der Waals surface area contributed by atoms with E-state index in [2.05, 4.69) is 11.8 Å². The van der Waals surface area contributed by atoms with Crippen LogP contribution in [-0.4, -0.2) is 30.9 Å². The Morgan fingerprint density at radius 1 is 1.43 bits per heavy atom. The fraction of sp³-hybridized carbons (Fsp3) is 0.471. The highest BCUT2D eigenvalue weighted by Gasteiger charge is 2.20. The molecule has 1 saturated carbocycles. The van der Waals surface area contributed by atoms with Gasteiger partial charge in [0, 0.05) is 24.7 Å². The molecule has 0 spiro atoms. The normalized spacial score (nSPS) is 14.6. The number of rotatable bonds is 3. The van der Waals surface area contributed by atoms with Gasteiger partial charge < -0.3 is 10.6 Å². The summed E-state index contributed by atoms with van der Waals surface area (Å²) in [6.45, 7) is 1.12. The molecular weight excluding hydrogens is 284 g/mol. The summed E-state index contributed by atoms with van der Waals surface area (Å²) >= 11 is 6.17. The van der Waals surface area contributed by atoms with Crippen LogP contribution in [-0.2, 0) is 0 Å². The Morgan fingerprint density at radius 3 is 2.76 bits per heavy atom. The highest BCUT2D eigenvalue weighted by molar-refractivity contribution is 6.32. The largest absolute Gasteiger partial charge is 0.341 e. The summed E-state index contributed by atoms with van der Waals surface area (Å²) in [5, 5.41) is 0.496. The maximum atomic E-state index is 12.4. The molecule has 112 valence electrons. The second-order valence-electron chi connectivity index (χ2n) is 5.54. The van der Waals surface area contributed by atoms with Gasteiger partial charge in [0.2, 0.25) is 0 Å². The van der Waals surface area contributed by atoms with Crippen molar-refractivity contribution in [1.29, 1.82) is 0 Å². The number of benzene rings is 1. The van der Waals surface area contributed by atoms with E-state index in [1.807, 2.05) is 7.05 Å². The van der Waals surface area contributed by atoms with Crippen LogP contribution >= 0.6 is 11.6 Å². The van der Waals surface area contributed by atoms with E-state index in [1.54, 1.807) is 23.1 Å². The van der Waals surface area contributed by atoms with Crippen LogP contribution in [0.2, 0.25) is 5.02 Å². The van der Waals surface area contributed by atoms with Gasteiger partial charge in [-0.2, -0.15) is 0 Å². The van der Waals surface area contributed by atoms with Crippen LogP contribution in [0, 0.1) is 17.8 Å². The predicted octanol–water partition coefficient (Wildman–Crippen LogP) is 2.91. The van der Waals surface area contributed by atoms with Gasteiger partial charge in [-0.05, 0) is 37.0 Å². The zero-order chi connectivity index (χ0) is 15.2. The van der Waals surface area contributed by atoms with Crippen molar-refractivity contribution in [2.24, 2.45) is 11.7 Å². The average molecular weight is 305 g/mol. The number of carbonyl (C=O) groups excluding carboxylic acids is 1. The van der Waals surface area contributed by atoms with Crippen molar-refractivity contribution < 1.29 is 4.79 Å². The summed E-state index contributed by atoms with van der Waals surface area (Å²) in [5.41, 5.74) is 6.66. The Labute approximate surface area is 131 Å². The van der Waals surface area contributed by atoms with Gasteiger partial charge in [0.25, 0.3) is 5.91 Å². The molecule has 1 aromatic carbocycles. The first-order valence-corrected chi connectivity index (χ1v) is 7.73. The zero-order valence-corrected chi connectivity index (χ0v) is 13.1. The molecule has 1 aliphatic carbocycles. The third-order valence-electron chi connectivity index (χ3n) is 3.89. The highest BCUT2D eigenvalue weighted by Crippen LogP contribution is 2.26. The third-order valence-corrected chi connectivity index (χ3v) is 4.21. The summed E-state index contributed by atoms with van der Waals surface area (Å²) in [7, 11) is 1.86. The Bertz CT molecular complexity index is 568. The van der Waals surface area contributed by atoms with Crippen LogP contribution in [0.4, 0.5) is 0 Å². The summed E-state index contributed by atoms with van der Waals surface area (Å²) in [4.78, 5) is 14.2. The van der Waals surface area contributed by atoms with Crippen LogP contribution in [0.5, 0.6) is 0 Å². The van der Waals surface area contributed by atoms with Gasteiger partial charge in [0.15, 0.2) is 0 Å². The topological polar surface area (TPSA) is 46.3 Å². The van der Waals surface area contributed by atoms with Crippen molar-refractivity contribution in [2.75, 3.05) is 20.1 Å². The van der Waals surface area contributed by atoms with Gasteiger partial charge in [0.05, 0.1) is 11.6 Å². The zero-order valence-electron chi connectivity index (χ0n) is 12.4. The molecule has 0 aromatic heterocycles. The van der Waals surface area contributed by atoms with Gasteiger partial charge in [0.1, 0.15) is 0 Å². The summed E-state index contributed by atoms with van der Waals surface area (Å²) in [6.07, 6.45) is 5.03. The van der Waals surface area contributed by atoms with Crippen molar-refractivity contribution in [1.82, 2.24) is 4.90 Å². The second kappa shape index (κ2) is 7.49.